The monoisotopic (exact) mass is 242 g/mol. The van der Waals surface area contributed by atoms with Crippen LogP contribution in [0.4, 0.5) is 0 Å². The quantitative estimate of drug-likeness (QED) is 0.578. The fourth-order valence-corrected chi connectivity index (χ4v) is 1.84. The Morgan fingerprint density at radius 3 is 2.29 bits per heavy atom. The van der Waals surface area contributed by atoms with E-state index in [4.69, 9.17) is 0 Å². The molecule has 0 aliphatic rings. The highest BCUT2D eigenvalue weighted by Crippen LogP contribution is 2.00. The molecule has 0 aromatic rings. The number of carbonyl (C=O) groups excluding carboxylic acids is 1. The van der Waals surface area contributed by atoms with Crippen LogP contribution in [0, 0.1) is 0 Å². The van der Waals surface area contributed by atoms with Gasteiger partial charge in [0.15, 0.2) is 0 Å². The van der Waals surface area contributed by atoms with Gasteiger partial charge in [0.1, 0.15) is 0 Å². The maximum absolute atomic E-state index is 11.7. The highest BCUT2D eigenvalue weighted by molar-refractivity contribution is 5.81. The summed E-state index contributed by atoms with van der Waals surface area (Å²) in [5.41, 5.74) is 0. The van der Waals surface area contributed by atoms with Gasteiger partial charge in [-0.1, -0.05) is 39.5 Å². The summed E-state index contributed by atoms with van der Waals surface area (Å²) in [5, 5.41) is 6.32. The van der Waals surface area contributed by atoms with Crippen molar-refractivity contribution in [3.63, 3.8) is 0 Å². The lowest BCUT2D eigenvalue weighted by atomic mass is 10.1. The Morgan fingerprint density at radius 2 is 1.71 bits per heavy atom. The standard InChI is InChI=1S/C14H30N2O/c1-5-7-9-11-15-14(17)13(4)16-12(3)10-8-6-2/h12-13,16H,5-11H2,1-4H3,(H,15,17). The first kappa shape index (κ1) is 16.4. The molecule has 0 bridgehead atoms. The fourth-order valence-electron chi connectivity index (χ4n) is 1.84. The summed E-state index contributed by atoms with van der Waals surface area (Å²) >= 11 is 0. The molecule has 0 fully saturated rings. The first-order chi connectivity index (χ1) is 8.11. The zero-order valence-electron chi connectivity index (χ0n) is 12.0. The molecule has 3 nitrogen and oxygen atoms in total. The number of nitrogens with one attached hydrogen (secondary N) is 2. The van der Waals surface area contributed by atoms with Crippen LogP contribution in [0.25, 0.3) is 0 Å². The Balaban J connectivity index is 3.65. The molecule has 0 aliphatic heterocycles. The molecule has 0 radical (unpaired) electrons. The van der Waals surface area contributed by atoms with Gasteiger partial charge in [-0.25, -0.2) is 0 Å². The van der Waals surface area contributed by atoms with Crippen molar-refractivity contribution in [2.45, 2.75) is 78.3 Å². The highest BCUT2D eigenvalue weighted by atomic mass is 16.2. The molecule has 2 N–H and O–H groups in total. The van der Waals surface area contributed by atoms with Crippen LogP contribution in [0.2, 0.25) is 0 Å². The van der Waals surface area contributed by atoms with Crippen molar-refractivity contribution >= 4 is 5.91 Å². The van der Waals surface area contributed by atoms with Gasteiger partial charge in [-0.05, 0) is 26.7 Å². The molecule has 0 saturated carbocycles. The predicted octanol–water partition coefficient (Wildman–Crippen LogP) is 2.85. The third-order valence-corrected chi connectivity index (χ3v) is 3.00. The van der Waals surface area contributed by atoms with Gasteiger partial charge >= 0.3 is 0 Å². The van der Waals surface area contributed by atoms with Gasteiger partial charge in [-0.15, -0.1) is 0 Å². The molecule has 0 spiro atoms. The highest BCUT2D eigenvalue weighted by Gasteiger charge is 2.13. The van der Waals surface area contributed by atoms with Crippen molar-refractivity contribution in [1.82, 2.24) is 10.6 Å². The zero-order chi connectivity index (χ0) is 13.1. The Bertz CT molecular complexity index is 195. The number of unbranched alkanes of at least 4 members (excludes halogenated alkanes) is 3. The molecule has 102 valence electrons. The first-order valence-corrected chi connectivity index (χ1v) is 7.15. The Morgan fingerprint density at radius 1 is 1.06 bits per heavy atom. The minimum atomic E-state index is -0.0801. The molecule has 0 aromatic carbocycles. The molecule has 0 heterocycles. The number of hydrogen-bond donors (Lipinski definition) is 2. The molecule has 3 heteroatoms. The van der Waals surface area contributed by atoms with Crippen LogP contribution in [0.1, 0.15) is 66.2 Å². The Hall–Kier alpha value is -0.570. The van der Waals surface area contributed by atoms with E-state index in [2.05, 4.69) is 31.4 Å². The van der Waals surface area contributed by atoms with Crippen molar-refractivity contribution in [2.75, 3.05) is 6.54 Å². The number of amides is 1. The minimum absolute atomic E-state index is 0.0801. The van der Waals surface area contributed by atoms with Gasteiger partial charge in [-0.2, -0.15) is 0 Å². The molecule has 2 atom stereocenters. The van der Waals surface area contributed by atoms with E-state index in [0.29, 0.717) is 6.04 Å². The van der Waals surface area contributed by atoms with Gasteiger partial charge in [0, 0.05) is 12.6 Å². The largest absolute Gasteiger partial charge is 0.355 e. The van der Waals surface area contributed by atoms with Crippen molar-refractivity contribution in [2.24, 2.45) is 0 Å². The lowest BCUT2D eigenvalue weighted by Crippen LogP contribution is -2.45. The average molecular weight is 242 g/mol. The summed E-state index contributed by atoms with van der Waals surface area (Å²) in [6.45, 7) is 9.26. The Kier molecular flexibility index (Phi) is 10.2. The summed E-state index contributed by atoms with van der Waals surface area (Å²) in [6.07, 6.45) is 7.04. The molecule has 0 rings (SSSR count). The van der Waals surface area contributed by atoms with Gasteiger partial charge in [0.25, 0.3) is 0 Å². The summed E-state index contributed by atoms with van der Waals surface area (Å²) in [5.74, 6) is 0.129. The van der Waals surface area contributed by atoms with E-state index in [1.54, 1.807) is 0 Å². The van der Waals surface area contributed by atoms with Crippen LogP contribution in [0.15, 0.2) is 0 Å². The van der Waals surface area contributed by atoms with Gasteiger partial charge < -0.3 is 10.6 Å². The van der Waals surface area contributed by atoms with Crippen molar-refractivity contribution in [3.05, 3.63) is 0 Å². The van der Waals surface area contributed by atoms with Crippen LogP contribution in [0.3, 0.4) is 0 Å². The van der Waals surface area contributed by atoms with Crippen LogP contribution in [-0.2, 0) is 4.79 Å². The lowest BCUT2D eigenvalue weighted by molar-refractivity contribution is -0.122. The number of carbonyl (C=O) groups is 1. The van der Waals surface area contributed by atoms with E-state index in [-0.39, 0.29) is 11.9 Å². The van der Waals surface area contributed by atoms with Gasteiger partial charge in [0.05, 0.1) is 6.04 Å². The maximum atomic E-state index is 11.7. The average Bonchev–Trinajstić information content (AvgIpc) is 2.31. The van der Waals surface area contributed by atoms with E-state index >= 15 is 0 Å². The molecular formula is C14H30N2O. The summed E-state index contributed by atoms with van der Waals surface area (Å²) in [6, 6.07) is 0.342. The SMILES string of the molecule is CCCCCNC(=O)C(C)NC(C)CCCC. The second kappa shape index (κ2) is 10.6. The number of hydrogen-bond acceptors (Lipinski definition) is 2. The lowest BCUT2D eigenvalue weighted by Gasteiger charge is -2.19. The summed E-state index contributed by atoms with van der Waals surface area (Å²) in [4.78, 5) is 11.7. The van der Waals surface area contributed by atoms with Crippen LogP contribution in [-0.4, -0.2) is 24.5 Å². The van der Waals surface area contributed by atoms with Crippen molar-refractivity contribution < 1.29 is 4.79 Å². The topological polar surface area (TPSA) is 41.1 Å². The molecule has 0 aliphatic carbocycles. The summed E-state index contributed by atoms with van der Waals surface area (Å²) < 4.78 is 0. The second-order valence-corrected chi connectivity index (χ2v) is 4.93. The normalized spacial score (nSPS) is 14.4. The van der Waals surface area contributed by atoms with Crippen molar-refractivity contribution in [1.29, 1.82) is 0 Å². The molecule has 17 heavy (non-hydrogen) atoms. The van der Waals surface area contributed by atoms with E-state index < -0.39 is 0 Å². The van der Waals surface area contributed by atoms with E-state index in [9.17, 15) is 4.79 Å². The molecule has 0 saturated heterocycles. The minimum Gasteiger partial charge on any atom is -0.355 e. The smallest absolute Gasteiger partial charge is 0.236 e. The van der Waals surface area contributed by atoms with Crippen molar-refractivity contribution in [3.8, 4) is 0 Å². The predicted molar refractivity (Wildman–Crippen MR) is 74.1 cm³/mol. The third-order valence-electron chi connectivity index (χ3n) is 3.00. The van der Waals surface area contributed by atoms with E-state index in [0.717, 1.165) is 19.4 Å². The van der Waals surface area contributed by atoms with E-state index in [1.807, 2.05) is 6.92 Å². The molecule has 2 unspecified atom stereocenters. The van der Waals surface area contributed by atoms with Crippen LogP contribution >= 0.6 is 0 Å². The Labute approximate surface area is 107 Å². The van der Waals surface area contributed by atoms with Crippen LogP contribution < -0.4 is 10.6 Å². The second-order valence-electron chi connectivity index (χ2n) is 4.93. The first-order valence-electron chi connectivity index (χ1n) is 7.15. The van der Waals surface area contributed by atoms with Crippen LogP contribution in [0.5, 0.6) is 0 Å². The fraction of sp³-hybridized carbons (Fsp3) is 0.929. The number of rotatable bonds is 10. The van der Waals surface area contributed by atoms with E-state index in [1.165, 1.54) is 25.7 Å². The zero-order valence-corrected chi connectivity index (χ0v) is 12.0. The molecule has 1 amide bonds. The van der Waals surface area contributed by atoms with Gasteiger partial charge in [-0.3, -0.25) is 4.79 Å². The third kappa shape index (κ3) is 9.16. The summed E-state index contributed by atoms with van der Waals surface area (Å²) in [7, 11) is 0. The van der Waals surface area contributed by atoms with Gasteiger partial charge in [0.2, 0.25) is 5.91 Å². The molecule has 0 aromatic heterocycles. The maximum Gasteiger partial charge on any atom is 0.236 e. The molecular weight excluding hydrogens is 212 g/mol.